The van der Waals surface area contributed by atoms with Gasteiger partial charge in [-0.25, -0.2) is 13.6 Å². The maximum atomic E-state index is 12.0. The van der Waals surface area contributed by atoms with Crippen LogP contribution < -0.4 is 0 Å². The van der Waals surface area contributed by atoms with E-state index in [1.54, 1.807) is 0 Å². The predicted octanol–water partition coefficient (Wildman–Crippen LogP) is 4.43. The number of esters is 1. The minimum atomic E-state index is -2.00. The zero-order valence-electron chi connectivity index (χ0n) is 13.1. The van der Waals surface area contributed by atoms with Crippen molar-refractivity contribution in [1.82, 2.24) is 0 Å². The summed E-state index contributed by atoms with van der Waals surface area (Å²) in [5, 5.41) is 0. The van der Waals surface area contributed by atoms with Crippen LogP contribution in [-0.2, 0) is 9.53 Å². The highest BCUT2D eigenvalue weighted by Crippen LogP contribution is 2.11. The second-order valence-corrected chi connectivity index (χ2v) is 7.34. The number of carbonyl (C=O) groups is 1. The molecule has 2 nitrogen and oxygen atoms in total. The molecule has 0 rings (SSSR count). The lowest BCUT2D eigenvalue weighted by Crippen LogP contribution is -2.02. The van der Waals surface area contributed by atoms with Crippen molar-refractivity contribution >= 4 is 15.5 Å². The van der Waals surface area contributed by atoms with Crippen LogP contribution in [0, 0.1) is 0 Å². The number of hydrogen-bond donors (Lipinski definition) is 0. The fourth-order valence-electron chi connectivity index (χ4n) is 2.22. The van der Waals surface area contributed by atoms with E-state index in [1.165, 1.54) is 44.6 Å². The van der Waals surface area contributed by atoms with Gasteiger partial charge in [0.15, 0.2) is 0 Å². The molecular formula is C16H30F2O2Si. The van der Waals surface area contributed by atoms with Gasteiger partial charge in [0.25, 0.3) is 0 Å². The minimum absolute atomic E-state index is 0.341. The first kappa shape index (κ1) is 20.3. The maximum Gasteiger partial charge on any atom is 0.330 e. The molecule has 0 amide bonds. The molecule has 0 saturated heterocycles. The monoisotopic (exact) mass is 320 g/mol. The van der Waals surface area contributed by atoms with E-state index in [1.807, 2.05) is 0 Å². The lowest BCUT2D eigenvalue weighted by Gasteiger charge is -2.03. The van der Waals surface area contributed by atoms with Gasteiger partial charge >= 0.3 is 5.97 Å². The van der Waals surface area contributed by atoms with E-state index in [0.29, 0.717) is 6.61 Å². The molecule has 0 saturated carbocycles. The zero-order valence-corrected chi connectivity index (χ0v) is 14.5. The Balaban J connectivity index is 3.02. The molecule has 0 aliphatic rings. The molecule has 0 fully saturated rings. The molecule has 0 aromatic carbocycles. The molecule has 0 aromatic rings. The Morgan fingerprint density at radius 2 is 1.43 bits per heavy atom. The SMILES string of the molecule is C=CC(=O)OCCCCCCCCCCCC[SiH2]C(F)F. The van der Waals surface area contributed by atoms with Crippen molar-refractivity contribution < 1.29 is 18.3 Å². The van der Waals surface area contributed by atoms with Crippen LogP contribution in [0.5, 0.6) is 0 Å². The second-order valence-electron chi connectivity index (χ2n) is 5.44. The first-order valence-electron chi connectivity index (χ1n) is 8.24. The van der Waals surface area contributed by atoms with Gasteiger partial charge in [0, 0.05) is 6.08 Å². The molecule has 0 aliphatic carbocycles. The zero-order chi connectivity index (χ0) is 15.8. The van der Waals surface area contributed by atoms with E-state index in [4.69, 9.17) is 4.74 Å². The third-order valence-corrected chi connectivity index (χ3v) is 4.82. The molecule has 5 heteroatoms. The Kier molecular flexibility index (Phi) is 15.1. The van der Waals surface area contributed by atoms with Gasteiger partial charge in [-0.1, -0.05) is 70.4 Å². The summed E-state index contributed by atoms with van der Waals surface area (Å²) in [7, 11) is -1.09. The van der Waals surface area contributed by atoms with Gasteiger partial charge in [0.05, 0.1) is 6.61 Å². The molecule has 124 valence electrons. The topological polar surface area (TPSA) is 26.3 Å². The average molecular weight is 320 g/mol. The van der Waals surface area contributed by atoms with Gasteiger partial charge in [0.1, 0.15) is 9.52 Å². The van der Waals surface area contributed by atoms with Crippen LogP contribution in [0.2, 0.25) is 6.04 Å². The van der Waals surface area contributed by atoms with Crippen molar-refractivity contribution in [3.05, 3.63) is 12.7 Å². The van der Waals surface area contributed by atoms with Crippen LogP contribution in [-0.4, -0.2) is 28.1 Å². The molecular weight excluding hydrogens is 290 g/mol. The number of ether oxygens (including phenoxy) is 1. The van der Waals surface area contributed by atoms with Gasteiger partial charge in [-0.2, -0.15) is 0 Å². The Hall–Kier alpha value is -0.713. The highest BCUT2D eigenvalue weighted by atomic mass is 28.2. The first-order valence-corrected chi connectivity index (χ1v) is 10.1. The fraction of sp³-hybridized carbons (Fsp3) is 0.812. The van der Waals surface area contributed by atoms with E-state index in [9.17, 15) is 13.6 Å². The summed E-state index contributed by atoms with van der Waals surface area (Å²) in [5.74, 6) is -0.341. The Bertz CT molecular complexity index is 261. The number of hydrogen-bond acceptors (Lipinski definition) is 2. The van der Waals surface area contributed by atoms with Crippen molar-refractivity contribution in [2.75, 3.05) is 6.61 Å². The van der Waals surface area contributed by atoms with Crippen LogP contribution in [0.1, 0.15) is 64.2 Å². The normalized spacial score (nSPS) is 11.4. The molecule has 21 heavy (non-hydrogen) atoms. The molecule has 0 aromatic heterocycles. The maximum absolute atomic E-state index is 12.0. The molecule has 0 atom stereocenters. The summed E-state index contributed by atoms with van der Waals surface area (Å²) in [6.07, 6.45) is 12.7. The van der Waals surface area contributed by atoms with E-state index in [-0.39, 0.29) is 5.97 Å². The number of alkyl halides is 2. The van der Waals surface area contributed by atoms with Crippen molar-refractivity contribution in [2.24, 2.45) is 0 Å². The minimum Gasteiger partial charge on any atom is -0.463 e. The van der Waals surface area contributed by atoms with Crippen molar-refractivity contribution in [1.29, 1.82) is 0 Å². The highest BCUT2D eigenvalue weighted by molar-refractivity contribution is 6.36. The third kappa shape index (κ3) is 17.2. The fourth-order valence-corrected chi connectivity index (χ4v) is 3.17. The summed E-state index contributed by atoms with van der Waals surface area (Å²) >= 11 is 0. The van der Waals surface area contributed by atoms with Crippen molar-refractivity contribution in [2.45, 2.75) is 76.3 Å². The van der Waals surface area contributed by atoms with Crippen LogP contribution in [0.25, 0.3) is 0 Å². The average Bonchev–Trinajstić information content (AvgIpc) is 2.46. The molecule has 0 spiro atoms. The third-order valence-electron chi connectivity index (χ3n) is 3.48. The van der Waals surface area contributed by atoms with Gasteiger partial charge < -0.3 is 4.74 Å². The van der Waals surface area contributed by atoms with Gasteiger partial charge in [-0.05, 0) is 6.42 Å². The molecule has 0 bridgehead atoms. The summed E-state index contributed by atoms with van der Waals surface area (Å²) in [6.45, 7) is 3.84. The first-order chi connectivity index (χ1) is 10.2. The van der Waals surface area contributed by atoms with Crippen LogP contribution in [0.3, 0.4) is 0 Å². The summed E-state index contributed by atoms with van der Waals surface area (Å²) in [6, 6.07) is -1.20. The lowest BCUT2D eigenvalue weighted by molar-refractivity contribution is -0.137. The van der Waals surface area contributed by atoms with E-state index in [2.05, 4.69) is 6.58 Å². The number of halogens is 2. The smallest absolute Gasteiger partial charge is 0.330 e. The predicted molar refractivity (Wildman–Crippen MR) is 86.7 cm³/mol. The molecule has 0 unspecified atom stereocenters. The van der Waals surface area contributed by atoms with E-state index < -0.39 is 15.6 Å². The highest BCUT2D eigenvalue weighted by Gasteiger charge is 2.01. The van der Waals surface area contributed by atoms with E-state index in [0.717, 1.165) is 31.7 Å². The molecule has 0 heterocycles. The standard InChI is InChI=1S/C16H30F2O2Si/c1-2-15(19)20-13-11-9-7-5-3-4-6-8-10-12-14-21-16(17)18/h2,16H,1,3-14,21H2. The summed E-state index contributed by atoms with van der Waals surface area (Å²) in [5.41, 5.74) is 0. The van der Waals surface area contributed by atoms with Gasteiger partial charge in [0.2, 0.25) is 6.05 Å². The Labute approximate surface area is 130 Å². The number of rotatable bonds is 15. The summed E-state index contributed by atoms with van der Waals surface area (Å²) < 4.78 is 28.8. The Morgan fingerprint density at radius 3 is 1.90 bits per heavy atom. The lowest BCUT2D eigenvalue weighted by atomic mass is 10.1. The Morgan fingerprint density at radius 1 is 0.952 bits per heavy atom. The van der Waals surface area contributed by atoms with Gasteiger partial charge in [-0.3, -0.25) is 0 Å². The van der Waals surface area contributed by atoms with Gasteiger partial charge in [-0.15, -0.1) is 0 Å². The molecule has 0 aliphatic heterocycles. The van der Waals surface area contributed by atoms with Crippen molar-refractivity contribution in [3.8, 4) is 0 Å². The van der Waals surface area contributed by atoms with Crippen LogP contribution in [0.4, 0.5) is 8.78 Å². The summed E-state index contributed by atoms with van der Waals surface area (Å²) in [4.78, 5) is 10.8. The van der Waals surface area contributed by atoms with E-state index >= 15 is 0 Å². The van der Waals surface area contributed by atoms with Crippen molar-refractivity contribution in [3.63, 3.8) is 0 Å². The van der Waals surface area contributed by atoms with Crippen LogP contribution in [0.15, 0.2) is 12.7 Å². The van der Waals surface area contributed by atoms with Crippen LogP contribution >= 0.6 is 0 Å². The largest absolute Gasteiger partial charge is 0.463 e. The number of carbonyl (C=O) groups excluding carboxylic acids is 1. The second kappa shape index (κ2) is 15.7. The number of unbranched alkanes of at least 4 members (excludes halogenated alkanes) is 9. The molecule has 0 radical (unpaired) electrons. The molecule has 0 N–H and O–H groups in total. The quantitative estimate of drug-likeness (QED) is 0.193.